The van der Waals surface area contributed by atoms with Crippen LogP contribution in [0.5, 0.6) is 0 Å². The number of amides is 1. The zero-order valence-corrected chi connectivity index (χ0v) is 13.6. The largest absolute Gasteiger partial charge is 0.447 e. The lowest BCUT2D eigenvalue weighted by Gasteiger charge is -1.98. The van der Waals surface area contributed by atoms with E-state index < -0.39 is 0 Å². The van der Waals surface area contributed by atoms with Gasteiger partial charge in [-0.25, -0.2) is 5.43 Å². The molecule has 0 saturated heterocycles. The summed E-state index contributed by atoms with van der Waals surface area (Å²) in [5.41, 5.74) is 2.31. The van der Waals surface area contributed by atoms with Crippen LogP contribution >= 0.6 is 39.3 Å². The number of halogens is 2. The molecule has 0 fully saturated rings. The second-order valence-electron chi connectivity index (χ2n) is 3.77. The summed E-state index contributed by atoms with van der Waals surface area (Å²) >= 11 is 10.7. The molecule has 2 rings (SSSR count). The summed E-state index contributed by atoms with van der Waals surface area (Å²) in [6.07, 6.45) is 1.44. The number of carbonyl (C=O) groups excluding carboxylic acids is 1. The van der Waals surface area contributed by atoms with Crippen LogP contribution in [-0.4, -0.2) is 12.1 Å². The van der Waals surface area contributed by atoms with Crippen molar-refractivity contribution in [3.05, 3.63) is 45.6 Å². The third-order valence-electron chi connectivity index (χ3n) is 2.11. The standard InChI is InChI=1S/C13H10BrClN2O2S/c1-8(18)17-16-7-10-6-12(14)13(19-10)20-11-4-2-9(15)3-5-11/h2-7H,1H3,(H,17,18). The van der Waals surface area contributed by atoms with Gasteiger partial charge in [-0.2, -0.15) is 5.10 Å². The summed E-state index contributed by atoms with van der Waals surface area (Å²) in [6, 6.07) is 9.24. The fraction of sp³-hybridized carbons (Fsp3) is 0.0769. The minimum atomic E-state index is -0.234. The highest BCUT2D eigenvalue weighted by atomic mass is 79.9. The molecule has 2 aromatic rings. The SMILES string of the molecule is CC(=O)NN=Cc1cc(Br)c(Sc2ccc(Cl)cc2)o1. The van der Waals surface area contributed by atoms with E-state index in [4.69, 9.17) is 16.0 Å². The van der Waals surface area contributed by atoms with E-state index >= 15 is 0 Å². The van der Waals surface area contributed by atoms with E-state index in [1.807, 2.05) is 24.3 Å². The van der Waals surface area contributed by atoms with Gasteiger partial charge in [-0.3, -0.25) is 4.79 Å². The zero-order valence-electron chi connectivity index (χ0n) is 10.4. The first-order valence-electron chi connectivity index (χ1n) is 5.57. The summed E-state index contributed by atoms with van der Waals surface area (Å²) in [6.45, 7) is 1.39. The molecule has 0 radical (unpaired) electrons. The Balaban J connectivity index is 2.09. The van der Waals surface area contributed by atoms with Gasteiger partial charge in [-0.15, -0.1) is 0 Å². The van der Waals surface area contributed by atoms with Crippen molar-refractivity contribution in [2.45, 2.75) is 16.9 Å². The molecule has 0 saturated carbocycles. The monoisotopic (exact) mass is 372 g/mol. The fourth-order valence-corrected chi connectivity index (χ4v) is 2.75. The molecular weight excluding hydrogens is 364 g/mol. The number of benzene rings is 1. The first-order chi connectivity index (χ1) is 9.54. The number of nitrogens with zero attached hydrogens (tertiary/aromatic N) is 1. The smallest absolute Gasteiger partial charge is 0.236 e. The van der Waals surface area contributed by atoms with E-state index in [9.17, 15) is 4.79 Å². The lowest BCUT2D eigenvalue weighted by Crippen LogP contribution is -2.12. The molecule has 7 heteroatoms. The Kier molecular flexibility index (Phi) is 5.28. The molecule has 1 N–H and O–H groups in total. The van der Waals surface area contributed by atoms with Crippen LogP contribution in [0.4, 0.5) is 0 Å². The first-order valence-corrected chi connectivity index (χ1v) is 7.56. The van der Waals surface area contributed by atoms with E-state index in [-0.39, 0.29) is 5.91 Å². The maximum Gasteiger partial charge on any atom is 0.236 e. The molecule has 104 valence electrons. The Morgan fingerprint density at radius 2 is 2.15 bits per heavy atom. The fourth-order valence-electron chi connectivity index (χ4n) is 1.30. The van der Waals surface area contributed by atoms with Gasteiger partial charge in [0.25, 0.3) is 0 Å². The number of carbonyl (C=O) groups is 1. The molecule has 0 unspecified atom stereocenters. The molecule has 0 aliphatic heterocycles. The highest BCUT2D eigenvalue weighted by Crippen LogP contribution is 2.35. The molecule has 0 aliphatic carbocycles. The lowest BCUT2D eigenvalue weighted by molar-refractivity contribution is -0.118. The number of hydrogen-bond donors (Lipinski definition) is 1. The van der Waals surface area contributed by atoms with Crippen LogP contribution in [0.15, 0.2) is 54.3 Å². The summed E-state index contributed by atoms with van der Waals surface area (Å²) in [5.74, 6) is 0.310. The van der Waals surface area contributed by atoms with Crippen LogP contribution < -0.4 is 5.43 Å². The molecule has 0 bridgehead atoms. The summed E-state index contributed by atoms with van der Waals surface area (Å²) in [4.78, 5) is 11.7. The Labute approximate surface area is 133 Å². The molecule has 0 spiro atoms. The molecule has 4 nitrogen and oxygen atoms in total. The highest BCUT2D eigenvalue weighted by molar-refractivity contribution is 9.10. The Bertz CT molecular complexity index is 640. The third-order valence-corrected chi connectivity index (χ3v) is 4.21. The molecule has 1 amide bonds. The Hall–Kier alpha value is -1.24. The van der Waals surface area contributed by atoms with Gasteiger partial charge in [0.05, 0.1) is 10.7 Å². The highest BCUT2D eigenvalue weighted by Gasteiger charge is 2.09. The minimum absolute atomic E-state index is 0.234. The van der Waals surface area contributed by atoms with Gasteiger partial charge in [0.1, 0.15) is 5.76 Å². The average Bonchev–Trinajstić information content (AvgIpc) is 2.72. The van der Waals surface area contributed by atoms with Crippen molar-refractivity contribution in [2.24, 2.45) is 5.10 Å². The second kappa shape index (κ2) is 6.97. The van der Waals surface area contributed by atoms with Crippen molar-refractivity contribution >= 4 is 51.4 Å². The summed E-state index contributed by atoms with van der Waals surface area (Å²) in [7, 11) is 0. The van der Waals surface area contributed by atoms with Crippen LogP contribution in [0, 0.1) is 0 Å². The molecule has 1 aromatic heterocycles. The van der Waals surface area contributed by atoms with Crippen LogP contribution in [0.2, 0.25) is 5.02 Å². The van der Waals surface area contributed by atoms with E-state index in [2.05, 4.69) is 26.5 Å². The van der Waals surface area contributed by atoms with Crippen molar-refractivity contribution in [1.29, 1.82) is 0 Å². The third kappa shape index (κ3) is 4.40. The zero-order chi connectivity index (χ0) is 14.5. The maximum atomic E-state index is 10.7. The van der Waals surface area contributed by atoms with Crippen LogP contribution in [0.3, 0.4) is 0 Å². The lowest BCUT2D eigenvalue weighted by atomic mass is 10.4. The summed E-state index contributed by atoms with van der Waals surface area (Å²) < 4.78 is 6.43. The van der Waals surface area contributed by atoms with Crippen molar-refractivity contribution in [3.63, 3.8) is 0 Å². The van der Waals surface area contributed by atoms with Gasteiger partial charge >= 0.3 is 0 Å². The van der Waals surface area contributed by atoms with Crippen LogP contribution in [0.25, 0.3) is 0 Å². The van der Waals surface area contributed by atoms with Gasteiger partial charge in [-0.05, 0) is 40.2 Å². The predicted octanol–water partition coefficient (Wildman–Crippen LogP) is 4.32. The van der Waals surface area contributed by atoms with E-state index in [0.29, 0.717) is 15.9 Å². The Morgan fingerprint density at radius 1 is 1.45 bits per heavy atom. The van der Waals surface area contributed by atoms with Gasteiger partial charge < -0.3 is 4.42 Å². The molecule has 1 heterocycles. The van der Waals surface area contributed by atoms with Crippen molar-refractivity contribution in [1.82, 2.24) is 5.43 Å². The Morgan fingerprint density at radius 3 is 2.80 bits per heavy atom. The molecular formula is C13H10BrClN2O2S. The molecule has 20 heavy (non-hydrogen) atoms. The van der Waals surface area contributed by atoms with E-state index in [1.54, 1.807) is 6.07 Å². The number of rotatable bonds is 4. The number of hydrogen-bond acceptors (Lipinski definition) is 4. The van der Waals surface area contributed by atoms with Gasteiger partial charge in [-0.1, -0.05) is 23.4 Å². The maximum absolute atomic E-state index is 10.7. The predicted molar refractivity (Wildman–Crippen MR) is 83.4 cm³/mol. The second-order valence-corrected chi connectivity index (χ2v) is 6.10. The molecule has 1 aromatic carbocycles. The van der Waals surface area contributed by atoms with Gasteiger partial charge in [0.15, 0.2) is 5.09 Å². The van der Waals surface area contributed by atoms with Gasteiger partial charge in [0, 0.05) is 22.9 Å². The topological polar surface area (TPSA) is 54.6 Å². The average molecular weight is 374 g/mol. The molecule has 0 atom stereocenters. The first kappa shape index (κ1) is 15.2. The van der Waals surface area contributed by atoms with Gasteiger partial charge in [0.2, 0.25) is 5.91 Å². The van der Waals surface area contributed by atoms with Crippen molar-refractivity contribution in [3.8, 4) is 0 Å². The number of hydrazone groups is 1. The van der Waals surface area contributed by atoms with E-state index in [1.165, 1.54) is 24.9 Å². The van der Waals surface area contributed by atoms with Crippen LogP contribution in [0.1, 0.15) is 12.7 Å². The van der Waals surface area contributed by atoms with Crippen molar-refractivity contribution in [2.75, 3.05) is 0 Å². The molecule has 0 aliphatic rings. The summed E-state index contributed by atoms with van der Waals surface area (Å²) in [5, 5.41) is 5.14. The minimum Gasteiger partial charge on any atom is -0.447 e. The van der Waals surface area contributed by atoms with Crippen molar-refractivity contribution < 1.29 is 9.21 Å². The number of furan rings is 1. The number of nitrogens with one attached hydrogen (secondary N) is 1. The van der Waals surface area contributed by atoms with E-state index in [0.717, 1.165) is 9.37 Å². The normalized spacial score (nSPS) is 10.9. The van der Waals surface area contributed by atoms with Crippen LogP contribution in [-0.2, 0) is 4.79 Å². The quantitative estimate of drug-likeness (QED) is 0.641.